The zero-order valence-electron chi connectivity index (χ0n) is 18.4. The van der Waals surface area contributed by atoms with Gasteiger partial charge in [-0.3, -0.25) is 4.79 Å². The van der Waals surface area contributed by atoms with E-state index in [9.17, 15) is 13.2 Å². The number of hydrogen-bond acceptors (Lipinski definition) is 7. The molecule has 1 aliphatic rings. The van der Waals surface area contributed by atoms with E-state index < -0.39 is 10.0 Å². The number of likely N-dealkylation sites (tertiary alicyclic amines) is 1. The van der Waals surface area contributed by atoms with Gasteiger partial charge in [0, 0.05) is 51.8 Å². The first kappa shape index (κ1) is 23.0. The average Bonchev–Trinajstić information content (AvgIpc) is 3.23. The van der Waals surface area contributed by atoms with Gasteiger partial charge in [0.2, 0.25) is 15.9 Å². The van der Waals surface area contributed by atoms with Crippen LogP contribution in [0.1, 0.15) is 30.6 Å². The van der Waals surface area contributed by atoms with Crippen molar-refractivity contribution in [2.45, 2.75) is 31.3 Å². The second kappa shape index (κ2) is 9.61. The van der Waals surface area contributed by atoms with Crippen molar-refractivity contribution in [1.82, 2.24) is 19.4 Å². The maximum Gasteiger partial charge on any atom is 0.253 e. The fourth-order valence-electron chi connectivity index (χ4n) is 3.46. The van der Waals surface area contributed by atoms with E-state index in [1.807, 2.05) is 25.1 Å². The maximum absolute atomic E-state index is 12.8. The molecule has 168 valence electrons. The monoisotopic (exact) mass is 447 g/mol. The number of nitrogens with zero attached hydrogens (tertiary/aromatic N) is 5. The molecule has 2 aromatic rings. The topological polar surface area (TPSA) is 95.9 Å². The van der Waals surface area contributed by atoms with Crippen molar-refractivity contribution in [3.63, 3.8) is 0 Å². The van der Waals surface area contributed by atoms with Gasteiger partial charge in [-0.2, -0.15) is 4.31 Å². The minimum atomic E-state index is -3.54. The Balaban J connectivity index is 1.62. The Labute approximate surface area is 183 Å². The van der Waals surface area contributed by atoms with E-state index in [2.05, 4.69) is 10.2 Å². The minimum Gasteiger partial charge on any atom is -0.471 e. The Bertz CT molecular complexity index is 989. The Morgan fingerprint density at radius 3 is 2.32 bits per heavy atom. The maximum atomic E-state index is 12.8. The normalized spacial score (nSPS) is 16.5. The number of benzene rings is 1. The molecule has 0 N–H and O–H groups in total. The summed E-state index contributed by atoms with van der Waals surface area (Å²) in [6.07, 6.45) is 0.530. The summed E-state index contributed by atoms with van der Waals surface area (Å²) in [4.78, 5) is 16.6. The molecule has 1 atom stereocenters. The fraction of sp³-hybridized carbons (Fsp3) is 0.476. The smallest absolute Gasteiger partial charge is 0.253 e. The van der Waals surface area contributed by atoms with Gasteiger partial charge < -0.3 is 14.5 Å². The molecule has 1 saturated heterocycles. The van der Waals surface area contributed by atoms with Crippen LogP contribution in [0.3, 0.4) is 0 Å². The molecular weight excluding hydrogens is 418 g/mol. The van der Waals surface area contributed by atoms with E-state index in [1.165, 1.54) is 16.4 Å². The van der Waals surface area contributed by atoms with Crippen molar-refractivity contribution in [1.29, 1.82) is 0 Å². The molecule has 2 heterocycles. The molecule has 0 saturated carbocycles. The van der Waals surface area contributed by atoms with E-state index in [0.717, 1.165) is 5.82 Å². The third kappa shape index (κ3) is 5.13. The number of carbonyl (C=O) groups excluding carboxylic acids is 1. The van der Waals surface area contributed by atoms with Crippen LogP contribution >= 0.6 is 0 Å². The summed E-state index contributed by atoms with van der Waals surface area (Å²) in [6.45, 7) is 5.40. The number of rotatable bonds is 8. The van der Waals surface area contributed by atoms with Gasteiger partial charge in [0.1, 0.15) is 6.10 Å². The number of sulfonamides is 1. The molecule has 0 bridgehead atoms. The summed E-state index contributed by atoms with van der Waals surface area (Å²) in [5, 5.41) is 8.17. The predicted molar refractivity (Wildman–Crippen MR) is 118 cm³/mol. The van der Waals surface area contributed by atoms with Gasteiger partial charge in [0.05, 0.1) is 11.4 Å². The molecule has 1 aromatic carbocycles. The van der Waals surface area contributed by atoms with E-state index >= 15 is 0 Å². The zero-order valence-corrected chi connectivity index (χ0v) is 19.2. The SMILES string of the molecule is CCN(CC)S(=O)(=O)c1ccc(C(=O)N2CCC(Oc3ccc(N(C)C)nn3)C2)cc1. The lowest BCUT2D eigenvalue weighted by molar-refractivity contribution is 0.0771. The summed E-state index contributed by atoms with van der Waals surface area (Å²) in [7, 11) is 0.229. The summed E-state index contributed by atoms with van der Waals surface area (Å²) >= 11 is 0. The van der Waals surface area contributed by atoms with Crippen molar-refractivity contribution < 1.29 is 17.9 Å². The lowest BCUT2D eigenvalue weighted by atomic mass is 10.2. The summed E-state index contributed by atoms with van der Waals surface area (Å²) < 4.78 is 32.5. The molecule has 0 radical (unpaired) electrons. The van der Waals surface area contributed by atoms with E-state index in [4.69, 9.17) is 4.74 Å². The van der Waals surface area contributed by atoms with Gasteiger partial charge in [-0.1, -0.05) is 13.8 Å². The first-order chi connectivity index (χ1) is 14.8. The highest BCUT2D eigenvalue weighted by Crippen LogP contribution is 2.21. The molecule has 0 spiro atoms. The predicted octanol–water partition coefficient (Wildman–Crippen LogP) is 1.87. The molecule has 1 aromatic heterocycles. The highest BCUT2D eigenvalue weighted by Gasteiger charge is 2.29. The van der Waals surface area contributed by atoms with Crippen molar-refractivity contribution in [2.75, 3.05) is 45.2 Å². The van der Waals surface area contributed by atoms with Gasteiger partial charge in [0.25, 0.3) is 5.91 Å². The number of amides is 1. The average molecular weight is 448 g/mol. The standard InChI is InChI=1S/C21H29N5O4S/c1-5-26(6-2)31(28,29)18-9-7-16(8-10-18)21(27)25-14-13-17(15-25)30-20-12-11-19(22-23-20)24(3)4/h7-12,17H,5-6,13-15H2,1-4H3. The molecule has 31 heavy (non-hydrogen) atoms. The van der Waals surface area contributed by atoms with Crippen LogP contribution in [-0.2, 0) is 10.0 Å². The minimum absolute atomic E-state index is 0.146. The molecule has 9 nitrogen and oxygen atoms in total. The van der Waals surface area contributed by atoms with Crippen molar-refractivity contribution >= 4 is 21.7 Å². The Hall–Kier alpha value is -2.72. The second-order valence-corrected chi connectivity index (χ2v) is 9.46. The zero-order chi connectivity index (χ0) is 22.6. The number of ether oxygens (including phenoxy) is 1. The number of hydrogen-bond donors (Lipinski definition) is 0. The molecule has 1 fully saturated rings. The summed E-state index contributed by atoms with van der Waals surface area (Å²) in [6, 6.07) is 9.71. The van der Waals surface area contributed by atoms with Crippen LogP contribution in [0.5, 0.6) is 5.88 Å². The number of carbonyl (C=O) groups is 1. The fourth-order valence-corrected chi connectivity index (χ4v) is 4.92. The molecule has 1 aliphatic heterocycles. The lowest BCUT2D eigenvalue weighted by Gasteiger charge is -2.19. The lowest BCUT2D eigenvalue weighted by Crippen LogP contribution is -2.32. The van der Waals surface area contributed by atoms with Crippen molar-refractivity contribution in [3.05, 3.63) is 42.0 Å². The quantitative estimate of drug-likeness (QED) is 0.609. The van der Waals surface area contributed by atoms with Gasteiger partial charge in [0.15, 0.2) is 5.82 Å². The molecule has 3 rings (SSSR count). The molecule has 0 aliphatic carbocycles. The highest BCUT2D eigenvalue weighted by atomic mass is 32.2. The third-order valence-electron chi connectivity index (χ3n) is 5.25. The number of anilines is 1. The highest BCUT2D eigenvalue weighted by molar-refractivity contribution is 7.89. The Morgan fingerprint density at radius 2 is 1.77 bits per heavy atom. The Morgan fingerprint density at radius 1 is 1.10 bits per heavy atom. The van der Waals surface area contributed by atoms with E-state index in [0.29, 0.717) is 44.0 Å². The van der Waals surface area contributed by atoms with Crippen molar-refractivity contribution in [2.24, 2.45) is 0 Å². The van der Waals surface area contributed by atoms with Gasteiger partial charge >= 0.3 is 0 Å². The van der Waals surface area contributed by atoms with E-state index in [1.54, 1.807) is 36.9 Å². The first-order valence-corrected chi connectivity index (χ1v) is 11.8. The molecule has 10 heteroatoms. The molecule has 1 unspecified atom stereocenters. The van der Waals surface area contributed by atoms with E-state index in [-0.39, 0.29) is 16.9 Å². The van der Waals surface area contributed by atoms with Crippen LogP contribution < -0.4 is 9.64 Å². The van der Waals surface area contributed by atoms with Crippen molar-refractivity contribution in [3.8, 4) is 5.88 Å². The van der Waals surface area contributed by atoms with Crippen LogP contribution in [0.25, 0.3) is 0 Å². The second-order valence-electron chi connectivity index (χ2n) is 7.52. The van der Waals surface area contributed by atoms with Gasteiger partial charge in [-0.05, 0) is 30.3 Å². The van der Waals surface area contributed by atoms with Crippen LogP contribution in [0.15, 0.2) is 41.3 Å². The first-order valence-electron chi connectivity index (χ1n) is 10.3. The number of aromatic nitrogens is 2. The van der Waals surface area contributed by atoms with Crippen LogP contribution in [0.4, 0.5) is 5.82 Å². The Kier molecular flexibility index (Phi) is 7.11. The third-order valence-corrected chi connectivity index (χ3v) is 7.31. The van der Waals surface area contributed by atoms with Crippen LogP contribution in [0.2, 0.25) is 0 Å². The molecular formula is C21H29N5O4S. The largest absolute Gasteiger partial charge is 0.471 e. The summed E-state index contributed by atoms with van der Waals surface area (Å²) in [5.41, 5.74) is 0.453. The van der Waals surface area contributed by atoms with Crippen LogP contribution in [0, 0.1) is 0 Å². The molecule has 1 amide bonds. The summed E-state index contributed by atoms with van der Waals surface area (Å²) in [5.74, 6) is 1.02. The van der Waals surface area contributed by atoms with Gasteiger partial charge in [-0.15, -0.1) is 10.2 Å². The van der Waals surface area contributed by atoms with Gasteiger partial charge in [-0.25, -0.2) is 8.42 Å². The van der Waals surface area contributed by atoms with Crippen LogP contribution in [-0.4, -0.2) is 80.1 Å².